The Kier molecular flexibility index (Phi) is 12.7. The van der Waals surface area contributed by atoms with Gasteiger partial charge in [0.25, 0.3) is 0 Å². The number of aromatic nitrogens is 3. The summed E-state index contributed by atoms with van der Waals surface area (Å²) in [5.41, 5.74) is 4.27. The van der Waals surface area contributed by atoms with Gasteiger partial charge in [-0.1, -0.05) is 18.2 Å². The molecule has 1 aliphatic heterocycles. The molecule has 1 aromatic carbocycles. The zero-order chi connectivity index (χ0) is 37.5. The number of para-hydroxylation sites is 1. The van der Waals surface area contributed by atoms with Gasteiger partial charge in [0.15, 0.2) is 30.2 Å². The molecular formula is C32H41N6O12P. The van der Waals surface area contributed by atoms with Gasteiger partial charge in [-0.15, -0.1) is 0 Å². The van der Waals surface area contributed by atoms with Crippen LogP contribution < -0.4 is 15.3 Å². The van der Waals surface area contributed by atoms with Crippen LogP contribution in [0.15, 0.2) is 48.8 Å². The normalized spacial score (nSPS) is 23.1. The summed E-state index contributed by atoms with van der Waals surface area (Å²) < 4.78 is 60.9. The topological polar surface area (TPSA) is 234 Å². The molecule has 0 amide bonds. The molecule has 1 saturated heterocycles. The lowest BCUT2D eigenvalue weighted by Crippen LogP contribution is -2.51. The number of carbonyl (C=O) groups is 3. The van der Waals surface area contributed by atoms with Gasteiger partial charge in [0.05, 0.1) is 11.8 Å². The van der Waals surface area contributed by atoms with Crippen molar-refractivity contribution in [3.63, 3.8) is 0 Å². The number of anilines is 1. The van der Waals surface area contributed by atoms with Crippen molar-refractivity contribution in [3.05, 3.63) is 54.5 Å². The number of hydrogen-bond acceptors (Lipinski definition) is 16. The van der Waals surface area contributed by atoms with Gasteiger partial charge in [0.2, 0.25) is 5.60 Å². The number of esters is 3. The minimum atomic E-state index is -4.60. The van der Waals surface area contributed by atoms with E-state index in [-0.39, 0.29) is 17.3 Å². The lowest BCUT2D eigenvalue weighted by Gasteiger charge is -2.31. The molecule has 0 aliphatic carbocycles. The number of methoxy groups -OCH3 is 2. The van der Waals surface area contributed by atoms with Crippen LogP contribution in [0.25, 0.3) is 5.52 Å². The molecule has 0 spiro atoms. The average molecular weight is 733 g/mol. The number of fused-ring (bicyclic) bond motifs is 1. The zero-order valence-corrected chi connectivity index (χ0v) is 30.0. The van der Waals surface area contributed by atoms with Crippen molar-refractivity contribution >= 4 is 37.0 Å². The average Bonchev–Trinajstić information content (AvgIpc) is 3.66. The summed E-state index contributed by atoms with van der Waals surface area (Å²) in [6.07, 6.45) is -6.21. The zero-order valence-electron chi connectivity index (χ0n) is 29.1. The van der Waals surface area contributed by atoms with Crippen LogP contribution in [0, 0.1) is 11.3 Å². The highest BCUT2D eigenvalue weighted by atomic mass is 31.2. The maximum absolute atomic E-state index is 14.4. The van der Waals surface area contributed by atoms with E-state index in [2.05, 4.69) is 15.2 Å². The Morgan fingerprint density at radius 2 is 1.67 bits per heavy atom. The van der Waals surface area contributed by atoms with Crippen molar-refractivity contribution in [2.24, 2.45) is 0 Å². The number of hydrogen-bond donors (Lipinski definition) is 2. The van der Waals surface area contributed by atoms with E-state index in [1.54, 1.807) is 44.2 Å². The molecule has 2 aromatic heterocycles. The summed E-state index contributed by atoms with van der Waals surface area (Å²) in [5.74, 6) is -2.41. The molecule has 51 heavy (non-hydrogen) atoms. The van der Waals surface area contributed by atoms with Gasteiger partial charge >= 0.3 is 25.7 Å². The number of nitrogens with one attached hydrogen (secondary N) is 1. The van der Waals surface area contributed by atoms with E-state index in [1.807, 2.05) is 6.07 Å². The Hall–Kier alpha value is -4.63. The van der Waals surface area contributed by atoms with Crippen molar-refractivity contribution in [2.75, 3.05) is 26.6 Å². The molecule has 3 N–H and O–H groups in total. The SMILES string of the molecule is COC(C)C(=O)O[C@H]1[C@H](c2ccc3c(N)ncnn23)O[C@@](C#N)(CO[P@@](=O)(N[C@@H](C)C(=O)OC(C)C)Oc2ccccc2)[C@H]1OC(=O)C(C)OC. The van der Waals surface area contributed by atoms with Crippen LogP contribution in [-0.4, -0.2) is 95.5 Å². The highest BCUT2D eigenvalue weighted by molar-refractivity contribution is 7.52. The first-order valence-corrected chi connectivity index (χ1v) is 17.3. The second-order valence-corrected chi connectivity index (χ2v) is 13.5. The lowest BCUT2D eigenvalue weighted by atomic mass is 9.95. The molecule has 0 bridgehead atoms. The summed E-state index contributed by atoms with van der Waals surface area (Å²) >= 11 is 0. The largest absolute Gasteiger partial charge is 0.462 e. The number of nitrogens with zero attached hydrogens (tertiary/aromatic N) is 4. The van der Waals surface area contributed by atoms with E-state index in [9.17, 15) is 24.2 Å². The fraction of sp³-hybridized carbons (Fsp3) is 0.500. The van der Waals surface area contributed by atoms with Crippen molar-refractivity contribution in [3.8, 4) is 11.8 Å². The second-order valence-electron chi connectivity index (χ2n) is 11.8. The maximum atomic E-state index is 14.4. The smallest absolute Gasteiger partial charge is 0.459 e. The van der Waals surface area contributed by atoms with E-state index < -0.39 is 80.5 Å². The Bertz CT molecular complexity index is 1780. The van der Waals surface area contributed by atoms with Crippen molar-refractivity contribution in [1.29, 1.82) is 5.26 Å². The van der Waals surface area contributed by atoms with Crippen LogP contribution in [0.1, 0.15) is 46.4 Å². The molecule has 3 heterocycles. The minimum Gasteiger partial charge on any atom is -0.462 e. The van der Waals surface area contributed by atoms with Crippen molar-refractivity contribution in [2.45, 2.75) is 82.9 Å². The molecule has 0 radical (unpaired) electrons. The van der Waals surface area contributed by atoms with Crippen LogP contribution in [0.2, 0.25) is 0 Å². The highest BCUT2D eigenvalue weighted by Crippen LogP contribution is 2.50. The van der Waals surface area contributed by atoms with E-state index in [1.165, 1.54) is 58.0 Å². The van der Waals surface area contributed by atoms with Gasteiger partial charge in [-0.05, 0) is 58.9 Å². The van der Waals surface area contributed by atoms with Crippen LogP contribution in [0.4, 0.5) is 5.82 Å². The molecule has 8 atom stereocenters. The fourth-order valence-electron chi connectivity index (χ4n) is 4.88. The first-order chi connectivity index (χ1) is 24.2. The van der Waals surface area contributed by atoms with Crippen molar-refractivity contribution < 1.29 is 56.4 Å². The first-order valence-electron chi connectivity index (χ1n) is 15.8. The predicted molar refractivity (Wildman–Crippen MR) is 177 cm³/mol. The molecular weight excluding hydrogens is 691 g/mol. The number of nitrogens with two attached hydrogens (primary N) is 1. The molecule has 1 aliphatic rings. The summed E-state index contributed by atoms with van der Waals surface area (Å²) in [6.45, 7) is 6.57. The molecule has 18 nitrogen and oxygen atoms in total. The highest BCUT2D eigenvalue weighted by Gasteiger charge is 2.62. The molecule has 276 valence electrons. The fourth-order valence-corrected chi connectivity index (χ4v) is 6.41. The molecule has 4 rings (SSSR count). The van der Waals surface area contributed by atoms with Gasteiger partial charge in [-0.25, -0.2) is 23.7 Å². The molecule has 2 unspecified atom stereocenters. The van der Waals surface area contributed by atoms with Crippen LogP contribution in [0.3, 0.4) is 0 Å². The summed E-state index contributed by atoms with van der Waals surface area (Å²) in [6, 6.07) is 11.8. The summed E-state index contributed by atoms with van der Waals surface area (Å²) in [7, 11) is -2.04. The molecule has 19 heteroatoms. The van der Waals surface area contributed by atoms with Gasteiger partial charge in [-0.3, -0.25) is 9.32 Å². The van der Waals surface area contributed by atoms with Gasteiger partial charge < -0.3 is 38.7 Å². The molecule has 0 saturated carbocycles. The number of benzene rings is 1. The van der Waals surface area contributed by atoms with Crippen LogP contribution in [-0.2, 0) is 51.9 Å². The van der Waals surface area contributed by atoms with Crippen LogP contribution in [0.5, 0.6) is 5.75 Å². The van der Waals surface area contributed by atoms with Crippen molar-refractivity contribution in [1.82, 2.24) is 19.7 Å². The molecule has 3 aromatic rings. The number of nitrogen functional groups attached to an aromatic ring is 1. The number of nitriles is 1. The van der Waals surface area contributed by atoms with E-state index in [4.69, 9.17) is 43.2 Å². The third-order valence-corrected chi connectivity index (χ3v) is 9.35. The molecule has 1 fully saturated rings. The quantitative estimate of drug-likeness (QED) is 0.122. The monoisotopic (exact) mass is 732 g/mol. The number of ether oxygens (including phenoxy) is 6. The Labute approximate surface area is 294 Å². The Morgan fingerprint density at radius 3 is 2.27 bits per heavy atom. The lowest BCUT2D eigenvalue weighted by molar-refractivity contribution is -0.180. The van der Waals surface area contributed by atoms with Gasteiger partial charge in [0, 0.05) is 14.2 Å². The Balaban J connectivity index is 1.82. The van der Waals surface area contributed by atoms with E-state index in [0.29, 0.717) is 5.52 Å². The first kappa shape index (κ1) is 39.2. The standard InChI is InChI=1S/C32H41N6O12P/c1-18(2)46-29(39)19(3)37-51(42,50-22-11-9-8-10-12-22)45-16-32(15-33)27(48-31(41)21(5)44-7)26(47-30(40)20(4)43-6)25(49-32)23-13-14-24-28(34)35-17-36-38(23)24/h8-14,17-21,25-27H,16H2,1-7H3,(H,37,42)(H2,34,35,36)/t19-,20?,21?,25-,26-,27-,32-,51-/m0/s1. The second kappa shape index (κ2) is 16.6. The third kappa shape index (κ3) is 9.00. The number of carbonyl (C=O) groups excluding carboxylic acids is 3. The predicted octanol–water partition coefficient (Wildman–Crippen LogP) is 2.67. The number of rotatable bonds is 16. The third-order valence-electron chi connectivity index (χ3n) is 7.73. The summed E-state index contributed by atoms with van der Waals surface area (Å²) in [5, 5.41) is 17.6. The van der Waals surface area contributed by atoms with Crippen LogP contribution >= 0.6 is 7.75 Å². The van der Waals surface area contributed by atoms with E-state index >= 15 is 0 Å². The van der Waals surface area contributed by atoms with Gasteiger partial charge in [-0.2, -0.15) is 15.4 Å². The summed E-state index contributed by atoms with van der Waals surface area (Å²) in [4.78, 5) is 43.2. The minimum absolute atomic E-state index is 0.0863. The van der Waals surface area contributed by atoms with Gasteiger partial charge in [0.1, 0.15) is 42.4 Å². The van der Waals surface area contributed by atoms with E-state index in [0.717, 1.165) is 0 Å². The maximum Gasteiger partial charge on any atom is 0.459 e. The Morgan fingerprint density at radius 1 is 1.02 bits per heavy atom.